The Morgan fingerprint density at radius 3 is 2.76 bits per heavy atom. The summed E-state index contributed by atoms with van der Waals surface area (Å²) in [6.45, 7) is 2.23. The lowest BCUT2D eigenvalue weighted by atomic mass is 10.1. The average Bonchev–Trinajstić information content (AvgIpc) is 2.24. The molecule has 94 valence electrons. The summed E-state index contributed by atoms with van der Waals surface area (Å²) in [6.07, 6.45) is 0.613. The van der Waals surface area contributed by atoms with Crippen LogP contribution in [0.3, 0.4) is 0 Å². The molecule has 17 heavy (non-hydrogen) atoms. The van der Waals surface area contributed by atoms with E-state index in [9.17, 15) is 9.18 Å². The van der Waals surface area contributed by atoms with Gasteiger partial charge in [-0.05, 0) is 31.7 Å². The van der Waals surface area contributed by atoms with Crippen LogP contribution in [0.15, 0.2) is 22.7 Å². The first-order chi connectivity index (χ1) is 7.95. The lowest BCUT2D eigenvalue weighted by molar-refractivity contribution is -0.123. The number of amides is 1. The summed E-state index contributed by atoms with van der Waals surface area (Å²) in [5.41, 5.74) is 5.83. The maximum absolute atomic E-state index is 13.5. The van der Waals surface area contributed by atoms with E-state index in [0.29, 0.717) is 18.5 Å². The van der Waals surface area contributed by atoms with Gasteiger partial charge in [-0.3, -0.25) is 9.69 Å². The molecule has 0 unspecified atom stereocenters. The Hall–Kier alpha value is -0.940. The van der Waals surface area contributed by atoms with Crippen molar-refractivity contribution in [3.8, 4) is 0 Å². The van der Waals surface area contributed by atoms with Gasteiger partial charge in [0.2, 0.25) is 5.91 Å². The Morgan fingerprint density at radius 1 is 1.59 bits per heavy atom. The van der Waals surface area contributed by atoms with Gasteiger partial charge < -0.3 is 5.73 Å². The van der Waals surface area contributed by atoms with E-state index >= 15 is 0 Å². The summed E-state index contributed by atoms with van der Waals surface area (Å²) in [6, 6.07) is 4.38. The largest absolute Gasteiger partial charge is 0.368 e. The van der Waals surface area contributed by atoms with E-state index in [2.05, 4.69) is 15.9 Å². The van der Waals surface area contributed by atoms with Crippen LogP contribution in [0.1, 0.15) is 18.9 Å². The van der Waals surface area contributed by atoms with E-state index in [1.807, 2.05) is 6.92 Å². The van der Waals surface area contributed by atoms with E-state index in [0.717, 1.165) is 4.47 Å². The van der Waals surface area contributed by atoms with Crippen LogP contribution in [0.2, 0.25) is 0 Å². The highest BCUT2D eigenvalue weighted by atomic mass is 79.9. The summed E-state index contributed by atoms with van der Waals surface area (Å²) >= 11 is 3.29. The van der Waals surface area contributed by atoms with Crippen molar-refractivity contribution in [2.24, 2.45) is 5.73 Å². The number of carbonyl (C=O) groups is 1. The predicted molar refractivity (Wildman–Crippen MR) is 68.8 cm³/mol. The van der Waals surface area contributed by atoms with Crippen molar-refractivity contribution < 1.29 is 9.18 Å². The Balaban J connectivity index is 2.83. The van der Waals surface area contributed by atoms with Gasteiger partial charge >= 0.3 is 0 Å². The summed E-state index contributed by atoms with van der Waals surface area (Å²) in [5.74, 6) is -0.662. The predicted octanol–water partition coefficient (Wildman–Crippen LogP) is 2.28. The summed E-state index contributed by atoms with van der Waals surface area (Å²) in [4.78, 5) is 12.9. The van der Waals surface area contributed by atoms with Crippen molar-refractivity contribution in [1.82, 2.24) is 4.90 Å². The molecule has 0 spiro atoms. The van der Waals surface area contributed by atoms with Crippen molar-refractivity contribution in [3.63, 3.8) is 0 Å². The quantitative estimate of drug-likeness (QED) is 0.907. The minimum Gasteiger partial charge on any atom is -0.368 e. The van der Waals surface area contributed by atoms with Gasteiger partial charge in [0.15, 0.2) is 0 Å². The first kappa shape index (κ1) is 14.1. The number of hydrogen-bond donors (Lipinski definition) is 1. The van der Waals surface area contributed by atoms with Crippen LogP contribution in [-0.4, -0.2) is 23.9 Å². The molecule has 0 bridgehead atoms. The average molecular weight is 303 g/mol. The summed E-state index contributed by atoms with van der Waals surface area (Å²) in [5, 5.41) is 0. The molecule has 1 aromatic rings. The number of hydrogen-bond acceptors (Lipinski definition) is 2. The molecular weight excluding hydrogens is 287 g/mol. The van der Waals surface area contributed by atoms with E-state index < -0.39 is 0 Å². The molecule has 0 aliphatic rings. The number of benzene rings is 1. The zero-order valence-corrected chi connectivity index (χ0v) is 11.5. The topological polar surface area (TPSA) is 46.3 Å². The van der Waals surface area contributed by atoms with Crippen molar-refractivity contribution in [1.29, 1.82) is 0 Å². The van der Waals surface area contributed by atoms with Gasteiger partial charge in [-0.15, -0.1) is 0 Å². The molecule has 0 aliphatic carbocycles. The molecule has 5 heteroatoms. The highest BCUT2D eigenvalue weighted by Gasteiger charge is 2.19. The molecule has 0 aromatic heterocycles. The highest BCUT2D eigenvalue weighted by molar-refractivity contribution is 9.10. The molecule has 0 fully saturated rings. The maximum Gasteiger partial charge on any atom is 0.234 e. The normalized spacial score (nSPS) is 12.8. The number of halogens is 2. The van der Waals surface area contributed by atoms with Crippen LogP contribution < -0.4 is 5.73 Å². The number of nitrogens with two attached hydrogens (primary N) is 1. The van der Waals surface area contributed by atoms with Gasteiger partial charge in [0.25, 0.3) is 0 Å². The molecule has 1 amide bonds. The summed E-state index contributed by atoms with van der Waals surface area (Å²) < 4.78 is 14.3. The second kappa shape index (κ2) is 6.12. The number of primary amides is 1. The lowest BCUT2D eigenvalue weighted by Gasteiger charge is -2.24. The van der Waals surface area contributed by atoms with Gasteiger partial charge in [-0.25, -0.2) is 4.39 Å². The zero-order chi connectivity index (χ0) is 13.0. The molecule has 0 radical (unpaired) electrons. The van der Waals surface area contributed by atoms with Crippen molar-refractivity contribution in [2.75, 3.05) is 7.05 Å². The van der Waals surface area contributed by atoms with E-state index in [-0.39, 0.29) is 17.8 Å². The first-order valence-corrected chi connectivity index (χ1v) is 6.18. The van der Waals surface area contributed by atoms with E-state index in [4.69, 9.17) is 5.73 Å². The number of rotatable bonds is 5. The zero-order valence-electron chi connectivity index (χ0n) is 9.91. The molecular formula is C12H16BrFN2O. The van der Waals surface area contributed by atoms with Gasteiger partial charge in [-0.1, -0.05) is 22.9 Å². The lowest BCUT2D eigenvalue weighted by Crippen LogP contribution is -2.41. The monoisotopic (exact) mass is 302 g/mol. The summed E-state index contributed by atoms with van der Waals surface area (Å²) in [7, 11) is 1.76. The van der Waals surface area contributed by atoms with Gasteiger partial charge in [0.05, 0.1) is 6.04 Å². The smallest absolute Gasteiger partial charge is 0.234 e. The molecule has 0 saturated carbocycles. The molecule has 0 heterocycles. The molecule has 0 saturated heterocycles. The molecule has 0 aliphatic heterocycles. The van der Waals surface area contributed by atoms with Crippen LogP contribution in [0.25, 0.3) is 0 Å². The van der Waals surface area contributed by atoms with Crippen LogP contribution in [-0.2, 0) is 11.3 Å². The highest BCUT2D eigenvalue weighted by Crippen LogP contribution is 2.18. The van der Waals surface area contributed by atoms with Gasteiger partial charge in [-0.2, -0.15) is 0 Å². The molecule has 1 rings (SSSR count). The fourth-order valence-corrected chi connectivity index (χ4v) is 2.18. The standard InChI is InChI=1S/C12H16BrFN2O/c1-3-11(12(15)17)16(2)7-8-6-9(13)4-5-10(8)14/h4-6,11H,3,7H2,1-2H3,(H2,15,17)/t11-/m1/s1. The third-order valence-electron chi connectivity index (χ3n) is 2.67. The van der Waals surface area contributed by atoms with Crippen LogP contribution >= 0.6 is 15.9 Å². The van der Waals surface area contributed by atoms with Crippen molar-refractivity contribution in [3.05, 3.63) is 34.1 Å². The van der Waals surface area contributed by atoms with Gasteiger partial charge in [0, 0.05) is 16.6 Å². The van der Waals surface area contributed by atoms with E-state index in [1.54, 1.807) is 24.1 Å². The minimum absolute atomic E-state index is 0.278. The first-order valence-electron chi connectivity index (χ1n) is 5.39. The SMILES string of the molecule is CC[C@H](C(N)=O)N(C)Cc1cc(Br)ccc1F. The van der Waals surface area contributed by atoms with Gasteiger partial charge in [0.1, 0.15) is 5.82 Å². The van der Waals surface area contributed by atoms with Crippen molar-refractivity contribution in [2.45, 2.75) is 25.9 Å². The Morgan fingerprint density at radius 2 is 2.24 bits per heavy atom. The maximum atomic E-state index is 13.5. The molecule has 3 nitrogen and oxygen atoms in total. The number of carbonyl (C=O) groups excluding carboxylic acids is 1. The number of nitrogens with zero attached hydrogens (tertiary/aromatic N) is 1. The third kappa shape index (κ3) is 3.78. The molecule has 1 aromatic carbocycles. The Bertz CT molecular complexity index is 411. The number of likely N-dealkylation sites (N-methyl/N-ethyl adjacent to an activating group) is 1. The van der Waals surface area contributed by atoms with Crippen molar-refractivity contribution >= 4 is 21.8 Å². The molecule has 2 N–H and O–H groups in total. The molecule has 1 atom stereocenters. The van der Waals surface area contributed by atoms with Crippen LogP contribution in [0, 0.1) is 5.82 Å². The second-order valence-electron chi connectivity index (χ2n) is 3.98. The Labute approximate surface area is 109 Å². The Kier molecular flexibility index (Phi) is 5.08. The van der Waals surface area contributed by atoms with Crippen LogP contribution in [0.4, 0.5) is 4.39 Å². The van der Waals surface area contributed by atoms with Crippen LogP contribution in [0.5, 0.6) is 0 Å². The second-order valence-corrected chi connectivity index (χ2v) is 4.89. The minimum atomic E-state index is -0.384. The van der Waals surface area contributed by atoms with E-state index in [1.165, 1.54) is 6.07 Å². The fourth-order valence-electron chi connectivity index (χ4n) is 1.77. The fraction of sp³-hybridized carbons (Fsp3) is 0.417. The third-order valence-corrected chi connectivity index (χ3v) is 3.17.